The number of phosphoric ester groups is 2. The molecule has 1 fully saturated rings. The molecule has 1 aliphatic heterocycles. The molecule has 19 nitrogen and oxygen atoms in total. The van der Waals surface area contributed by atoms with Crippen molar-refractivity contribution in [2.45, 2.75) is 197 Å². The number of carbonyl (C=O) groups excluding carboxylic acids is 2. The summed E-state index contributed by atoms with van der Waals surface area (Å²) in [5.41, 5.74) is 0. The maximum absolute atomic E-state index is 13.7. The molecule has 10 N–H and O–H groups in total. The van der Waals surface area contributed by atoms with Crippen LogP contribution >= 0.6 is 15.6 Å². The van der Waals surface area contributed by atoms with Gasteiger partial charge in [-0.3, -0.25) is 23.2 Å². The van der Waals surface area contributed by atoms with Crippen molar-refractivity contribution in [1.82, 2.24) is 0 Å². The van der Waals surface area contributed by atoms with E-state index in [1.165, 1.54) is 31.4 Å². The largest absolute Gasteiger partial charge is 0.472 e. The van der Waals surface area contributed by atoms with Crippen LogP contribution in [-0.2, 0) is 41.8 Å². The zero-order valence-electron chi connectivity index (χ0n) is 41.9. The van der Waals surface area contributed by atoms with E-state index in [0.29, 0.717) is 19.3 Å². The molecule has 2 bridgehead atoms. The number of hydrogen-bond donors (Lipinski definition) is 10. The summed E-state index contributed by atoms with van der Waals surface area (Å²) in [6.07, 6.45) is 15.1. The molecular formula is C51H84O19P2. The summed E-state index contributed by atoms with van der Waals surface area (Å²) in [4.78, 5) is 56.7. The Morgan fingerprint density at radius 2 is 1.40 bits per heavy atom. The highest BCUT2D eigenvalue weighted by Crippen LogP contribution is 2.50. The van der Waals surface area contributed by atoms with Crippen molar-refractivity contribution >= 4 is 27.6 Å². The number of carbonyl (C=O) groups is 2. The van der Waals surface area contributed by atoms with Gasteiger partial charge < -0.3 is 59.9 Å². The summed E-state index contributed by atoms with van der Waals surface area (Å²) in [6, 6.07) is 0. The quantitative estimate of drug-likeness (QED) is 0.0200. The summed E-state index contributed by atoms with van der Waals surface area (Å²) < 4.78 is 52.1. The van der Waals surface area contributed by atoms with Crippen LogP contribution in [0.4, 0.5) is 0 Å². The average molecular weight is 1060 g/mol. The first kappa shape index (κ1) is 65.2. The first-order chi connectivity index (χ1) is 34.3. The highest BCUT2D eigenvalue weighted by atomic mass is 31.2. The number of allylic oxidation sites excluding steroid dienone is 12. The van der Waals surface area contributed by atoms with Crippen molar-refractivity contribution in [3.8, 4) is 0 Å². The lowest BCUT2D eigenvalue weighted by molar-refractivity contribution is -0.165. The number of fused-ring (bicyclic) bond motifs is 4. The number of phosphoric acid groups is 2. The highest BCUT2D eigenvalue weighted by Gasteiger charge is 2.51. The highest BCUT2D eigenvalue weighted by molar-refractivity contribution is 7.47. The van der Waals surface area contributed by atoms with Gasteiger partial charge in [-0.05, 0) is 70.6 Å². The Labute approximate surface area is 425 Å². The molecule has 13 atom stereocenters. The van der Waals surface area contributed by atoms with Crippen LogP contribution in [0.2, 0.25) is 0 Å². The van der Waals surface area contributed by atoms with Gasteiger partial charge in [-0.25, -0.2) is 9.13 Å². The molecule has 0 aromatic carbocycles. The maximum atomic E-state index is 13.7. The third-order valence-electron chi connectivity index (χ3n) is 12.0. The maximum Gasteiger partial charge on any atom is 0.472 e. The molecule has 72 heavy (non-hydrogen) atoms. The normalized spacial score (nSPS) is 30.7. The first-order valence-corrected chi connectivity index (χ1v) is 28.4. The lowest BCUT2D eigenvalue weighted by atomic mass is 9.83. The lowest BCUT2D eigenvalue weighted by Crippen LogP contribution is -2.56. The van der Waals surface area contributed by atoms with Crippen LogP contribution in [0.1, 0.15) is 136 Å². The summed E-state index contributed by atoms with van der Waals surface area (Å²) >= 11 is 0. The van der Waals surface area contributed by atoms with E-state index in [1.54, 1.807) is 12.2 Å². The summed E-state index contributed by atoms with van der Waals surface area (Å²) in [6.45, 7) is 2.48. The minimum absolute atomic E-state index is 0.0712. The van der Waals surface area contributed by atoms with Gasteiger partial charge in [-0.15, -0.1) is 0 Å². The van der Waals surface area contributed by atoms with Gasteiger partial charge in [-0.2, -0.15) is 0 Å². The number of unbranched alkanes of at least 4 members (excludes halogenated alkanes) is 5. The Hall–Kier alpha value is -2.94. The zero-order chi connectivity index (χ0) is 53.4. The standard InChI is InChI=1S/C51H84O19P2/c1-3-5-7-8-9-10-11-12-13-14-15-16-17-18-19-20-21-22-27-31-44(55)66-36-39-37-67-72(64,65)70-51-49(60)48(59)46(57)40(30-26-23-24-28-32-45(56)68-39)42(53)35-43(54)41(34-33-38(52)29-25-6-4-2)47(58)50(51)69-71(61,62)63/h9-10,12-13,15-16,18-19,21-23,26,33-34,38-43,46-54,57-60H,3-8,11,14,17,20,24-25,27-32,35-37H2,1-2H3,(H,64,65)(H2,61,62,63)/b10-9-,13-12-,16-15-,19-18-,22-21-,26-23?,34-33?/t38-,39+,40-,41-,42-,43+,46+,47+,48-,49+,50+,51-/m0/s1. The number of cyclic esters (lactones) is 1. The van der Waals surface area contributed by atoms with Gasteiger partial charge in [0.25, 0.3) is 0 Å². The molecule has 0 amide bonds. The molecule has 1 aliphatic carbocycles. The molecule has 1 heterocycles. The van der Waals surface area contributed by atoms with Crippen LogP contribution in [0.3, 0.4) is 0 Å². The predicted molar refractivity (Wildman–Crippen MR) is 270 cm³/mol. The van der Waals surface area contributed by atoms with Crippen LogP contribution in [0.15, 0.2) is 85.1 Å². The molecule has 2 aliphatic rings. The predicted octanol–water partition coefficient (Wildman–Crippen LogP) is 6.55. The molecule has 0 radical (unpaired) electrons. The molecular weight excluding hydrogens is 978 g/mol. The second kappa shape index (κ2) is 36.9. The Bertz CT molecular complexity index is 1830. The van der Waals surface area contributed by atoms with Crippen LogP contribution in [0.25, 0.3) is 0 Å². The van der Waals surface area contributed by atoms with E-state index in [0.717, 1.165) is 44.6 Å². The van der Waals surface area contributed by atoms with E-state index in [4.69, 9.17) is 23.0 Å². The smallest absolute Gasteiger partial charge is 0.462 e. The fourth-order valence-electron chi connectivity index (χ4n) is 7.94. The Kier molecular flexibility index (Phi) is 33.4. The molecule has 0 saturated heterocycles. The number of ether oxygens (including phenoxy) is 2. The summed E-state index contributed by atoms with van der Waals surface area (Å²) in [7, 11) is -11.5. The SMILES string of the molecule is CCCCC/C=C\C/C=C\C/C=C\C/C=C\C/C=C\CCC(=O)OC[C@@H]1COP(=O)(O)O[C@H]2[C@H](O)[C@@H](O)[C@H](O)[C@@H](CC=CCCCC(=O)O1)[C@@H](O)C[C@@H](O)[C@H](C=C[C@@H](O)CCCCC)[C@@H](O)[C@H]2OP(=O)(O)O. The topological polar surface area (TPSA) is 317 Å². The van der Waals surface area contributed by atoms with Crippen LogP contribution in [0, 0.1) is 11.8 Å². The minimum atomic E-state index is -5.78. The van der Waals surface area contributed by atoms with Crippen molar-refractivity contribution in [1.29, 1.82) is 0 Å². The monoisotopic (exact) mass is 1060 g/mol. The van der Waals surface area contributed by atoms with E-state index in [-0.39, 0.29) is 38.5 Å². The van der Waals surface area contributed by atoms with Gasteiger partial charge in [0, 0.05) is 31.1 Å². The van der Waals surface area contributed by atoms with Crippen molar-refractivity contribution < 1.29 is 92.2 Å². The molecule has 0 spiro atoms. The van der Waals surface area contributed by atoms with Crippen LogP contribution in [0.5, 0.6) is 0 Å². The third-order valence-corrected chi connectivity index (χ3v) is 13.5. The Morgan fingerprint density at radius 1 is 0.806 bits per heavy atom. The third kappa shape index (κ3) is 28.1. The lowest BCUT2D eigenvalue weighted by Gasteiger charge is -2.38. The average Bonchev–Trinajstić information content (AvgIpc) is 3.32. The number of aliphatic hydroxyl groups is 7. The number of aliphatic hydroxyl groups excluding tert-OH is 7. The second-order valence-electron chi connectivity index (χ2n) is 18.1. The minimum Gasteiger partial charge on any atom is -0.462 e. The van der Waals surface area contributed by atoms with E-state index in [1.807, 2.05) is 25.2 Å². The molecule has 2 rings (SSSR count). The molecule has 1 saturated carbocycles. The number of hydrogen-bond acceptors (Lipinski definition) is 16. The van der Waals surface area contributed by atoms with E-state index in [9.17, 15) is 69.1 Å². The molecule has 1 unspecified atom stereocenters. The van der Waals surface area contributed by atoms with Crippen LogP contribution < -0.4 is 0 Å². The second-order valence-corrected chi connectivity index (χ2v) is 20.7. The summed E-state index contributed by atoms with van der Waals surface area (Å²) in [5.74, 6) is -4.62. The van der Waals surface area contributed by atoms with Crippen LogP contribution in [-0.4, -0.2) is 137 Å². The molecule has 0 aromatic heterocycles. The molecule has 0 aromatic rings. The fraction of sp³-hybridized carbons (Fsp3) is 0.686. The summed E-state index contributed by atoms with van der Waals surface area (Å²) in [5, 5.41) is 79.7. The zero-order valence-corrected chi connectivity index (χ0v) is 43.7. The van der Waals surface area contributed by atoms with Gasteiger partial charge in [0.05, 0.1) is 37.1 Å². The molecule has 21 heteroatoms. The van der Waals surface area contributed by atoms with E-state index >= 15 is 0 Å². The Morgan fingerprint density at radius 3 is 2.01 bits per heavy atom. The first-order valence-electron chi connectivity index (χ1n) is 25.4. The van der Waals surface area contributed by atoms with Crippen molar-refractivity contribution in [2.75, 3.05) is 13.2 Å². The number of esters is 2. The Balaban J connectivity index is 2.25. The molecule has 412 valence electrons. The van der Waals surface area contributed by atoms with Gasteiger partial charge in [0.15, 0.2) is 6.10 Å². The van der Waals surface area contributed by atoms with E-state index < -0.39 is 120 Å². The van der Waals surface area contributed by atoms with E-state index in [2.05, 4.69) is 43.4 Å². The van der Waals surface area contributed by atoms with Crippen molar-refractivity contribution in [3.05, 3.63) is 85.1 Å². The number of rotatable bonds is 25. The van der Waals surface area contributed by atoms with Crippen molar-refractivity contribution in [3.63, 3.8) is 0 Å². The van der Waals surface area contributed by atoms with Crippen molar-refractivity contribution in [2.24, 2.45) is 11.8 Å². The van der Waals surface area contributed by atoms with Gasteiger partial charge >= 0.3 is 27.6 Å². The fourth-order valence-corrected chi connectivity index (χ4v) is 9.47. The van der Waals surface area contributed by atoms with Gasteiger partial charge in [0.2, 0.25) is 0 Å². The van der Waals surface area contributed by atoms with Gasteiger partial charge in [-0.1, -0.05) is 131 Å². The van der Waals surface area contributed by atoms with Gasteiger partial charge in [0.1, 0.15) is 31.0 Å².